The van der Waals surface area contributed by atoms with Gasteiger partial charge in [0, 0.05) is 34.8 Å². The van der Waals surface area contributed by atoms with Crippen molar-refractivity contribution in [3.63, 3.8) is 0 Å². The van der Waals surface area contributed by atoms with Crippen molar-refractivity contribution < 1.29 is 9.53 Å². The maximum absolute atomic E-state index is 12.4. The molecule has 1 unspecified atom stereocenters. The average molecular weight is 345 g/mol. The van der Waals surface area contributed by atoms with Crippen molar-refractivity contribution in [2.75, 3.05) is 0 Å². The maximum atomic E-state index is 12.4. The molecule has 2 nitrogen and oxygen atoms in total. The lowest BCUT2D eigenvalue weighted by Crippen LogP contribution is -2.30. The Morgan fingerprint density at radius 2 is 1.76 bits per heavy atom. The van der Waals surface area contributed by atoms with Crippen molar-refractivity contribution >= 4 is 26.5 Å². The van der Waals surface area contributed by atoms with Crippen LogP contribution in [0.3, 0.4) is 0 Å². The van der Waals surface area contributed by atoms with E-state index in [1.54, 1.807) is 0 Å². The van der Waals surface area contributed by atoms with Crippen LogP contribution in [0.2, 0.25) is 0 Å². The van der Waals surface area contributed by atoms with Gasteiger partial charge in [0.15, 0.2) is 15.2 Å². The van der Waals surface area contributed by atoms with E-state index >= 15 is 0 Å². The van der Waals surface area contributed by atoms with E-state index in [1.807, 2.05) is 42.5 Å². The van der Waals surface area contributed by atoms with E-state index in [-0.39, 0.29) is 16.4 Å². The smallest absolute Gasteiger partial charge is 0.339 e. The summed E-state index contributed by atoms with van der Waals surface area (Å²) in [6, 6.07) is 18.2. The molecule has 0 N–H and O–H groups in total. The first kappa shape index (κ1) is 15.7. The molecule has 0 fully saturated rings. The van der Waals surface area contributed by atoms with E-state index in [0.717, 1.165) is 0 Å². The number of hydrogen-bond donors (Lipinski definition) is 0. The number of fused-ring (bicyclic) bond motifs is 1. The van der Waals surface area contributed by atoms with Crippen molar-refractivity contribution in [1.82, 2.24) is 0 Å². The minimum atomic E-state index is -0.815. The minimum Gasteiger partial charge on any atom is -0.442 e. The Bertz CT molecular complexity index is 994. The summed E-state index contributed by atoms with van der Waals surface area (Å²) in [5, 5.41) is 3.48. The van der Waals surface area contributed by atoms with Crippen LogP contribution in [0.25, 0.3) is 15.0 Å². The monoisotopic (exact) mass is 345 g/mol. The summed E-state index contributed by atoms with van der Waals surface area (Å²) in [4.78, 5) is 13.6. The molecule has 25 heavy (non-hydrogen) atoms. The van der Waals surface area contributed by atoms with E-state index in [0.29, 0.717) is 18.4 Å². The molecule has 2 aromatic carbocycles. The first-order valence-electron chi connectivity index (χ1n) is 8.17. The van der Waals surface area contributed by atoms with Crippen molar-refractivity contribution in [3.8, 4) is 17.2 Å². The van der Waals surface area contributed by atoms with Crippen LogP contribution in [-0.4, -0.2) is 11.6 Å². The number of rotatable bonds is 3. The zero-order chi connectivity index (χ0) is 17.3. The normalized spacial score (nSPS) is 15.9. The van der Waals surface area contributed by atoms with Crippen LogP contribution in [0.5, 0.6) is 0 Å². The standard InChI is InChI=1S/C22H17O2S/c1-2-22(14-5-6-15-22)24-21(23)18-9-11-19(12-10-18)25-16-13-17-7-3-4-8-20(17)25/h1,3-13,16H,14-15H2/q+1. The summed E-state index contributed by atoms with van der Waals surface area (Å²) in [7, 11) is -0.0760. The fourth-order valence-electron chi connectivity index (χ4n) is 3.07. The highest BCUT2D eigenvalue weighted by Gasteiger charge is 2.33. The van der Waals surface area contributed by atoms with Crippen molar-refractivity contribution in [2.24, 2.45) is 0 Å². The molecule has 0 saturated carbocycles. The Labute approximate surface area is 149 Å². The Balaban J connectivity index is 1.58. The third-order valence-corrected chi connectivity index (χ3v) is 6.53. The Morgan fingerprint density at radius 3 is 2.48 bits per heavy atom. The topological polar surface area (TPSA) is 26.3 Å². The van der Waals surface area contributed by atoms with E-state index in [9.17, 15) is 4.79 Å². The van der Waals surface area contributed by atoms with Gasteiger partial charge in [0.05, 0.1) is 5.56 Å². The molecule has 3 heteroatoms. The van der Waals surface area contributed by atoms with Crippen molar-refractivity contribution in [2.45, 2.75) is 18.4 Å². The van der Waals surface area contributed by atoms with Crippen LogP contribution in [0.4, 0.5) is 0 Å². The number of ether oxygens (including phenoxy) is 1. The van der Waals surface area contributed by atoms with Crippen LogP contribution < -0.4 is 0 Å². The number of carbonyl (C=O) groups is 1. The second-order valence-corrected chi connectivity index (χ2v) is 7.97. The number of carbonyl (C=O) groups excluding carboxylic acids is 1. The first-order valence-corrected chi connectivity index (χ1v) is 9.46. The fraction of sp³-hybridized carbons (Fsp3) is 0.136. The van der Waals surface area contributed by atoms with Gasteiger partial charge in [-0.05, 0) is 36.4 Å². The van der Waals surface area contributed by atoms with Crippen LogP contribution in [-0.2, 0) is 4.74 Å². The number of terminal acetylenes is 1. The molecule has 1 aliphatic rings. The molecular weight excluding hydrogens is 328 g/mol. The van der Waals surface area contributed by atoms with Gasteiger partial charge < -0.3 is 4.74 Å². The lowest BCUT2D eigenvalue weighted by molar-refractivity contribution is 0.0124. The highest BCUT2D eigenvalue weighted by Crippen LogP contribution is 2.39. The van der Waals surface area contributed by atoms with Gasteiger partial charge in [-0.25, -0.2) is 4.79 Å². The molecule has 0 amide bonds. The third kappa shape index (κ3) is 2.86. The van der Waals surface area contributed by atoms with Gasteiger partial charge in [0.2, 0.25) is 0 Å². The molecule has 0 saturated heterocycles. The molecule has 4 rings (SSSR count). The zero-order valence-electron chi connectivity index (χ0n) is 13.6. The number of esters is 1. The highest BCUT2D eigenvalue weighted by molar-refractivity contribution is 7.43. The van der Waals surface area contributed by atoms with E-state index in [2.05, 4.69) is 35.6 Å². The summed E-state index contributed by atoms with van der Waals surface area (Å²) < 4.78 is 6.93. The molecule has 0 spiro atoms. The molecule has 1 heterocycles. The Hall–Kier alpha value is -2.83. The predicted octanol–water partition coefficient (Wildman–Crippen LogP) is 5.46. The molecule has 122 valence electrons. The first-order chi connectivity index (χ1) is 12.2. The Morgan fingerprint density at radius 1 is 1.04 bits per heavy atom. The van der Waals surface area contributed by atoms with Crippen LogP contribution in [0, 0.1) is 12.3 Å². The molecular formula is C22H17O2S+. The maximum Gasteiger partial charge on any atom is 0.339 e. The molecule has 0 aliphatic heterocycles. The molecule has 0 bridgehead atoms. The van der Waals surface area contributed by atoms with Gasteiger partial charge >= 0.3 is 5.97 Å². The summed E-state index contributed by atoms with van der Waals surface area (Å²) in [5.41, 5.74) is -0.282. The summed E-state index contributed by atoms with van der Waals surface area (Å²) in [5.74, 6) is 2.27. The SMILES string of the molecule is C#CC1(OC(=O)c2ccc(-[s+]3ccc4ccccc43)cc2)CC=CC1. The van der Waals surface area contributed by atoms with Gasteiger partial charge in [-0.3, -0.25) is 0 Å². The van der Waals surface area contributed by atoms with Gasteiger partial charge in [0.25, 0.3) is 0 Å². The average Bonchev–Trinajstić information content (AvgIpc) is 3.29. The zero-order valence-corrected chi connectivity index (χ0v) is 14.5. The van der Waals surface area contributed by atoms with Crippen LogP contribution >= 0.6 is 10.5 Å². The minimum absolute atomic E-state index is 0.0760. The van der Waals surface area contributed by atoms with Gasteiger partial charge in [-0.2, -0.15) is 0 Å². The summed E-state index contributed by atoms with van der Waals surface area (Å²) in [6.45, 7) is 0. The van der Waals surface area contributed by atoms with Crippen LogP contribution in [0.15, 0.2) is 72.1 Å². The number of hydrogen-bond acceptors (Lipinski definition) is 2. The van der Waals surface area contributed by atoms with Crippen molar-refractivity contribution in [1.29, 1.82) is 0 Å². The quantitative estimate of drug-likeness (QED) is 0.273. The lowest BCUT2D eigenvalue weighted by atomic mass is 10.0. The second-order valence-electron chi connectivity index (χ2n) is 6.11. The molecule has 1 atom stereocenters. The lowest BCUT2D eigenvalue weighted by Gasteiger charge is -2.22. The number of benzene rings is 2. The molecule has 0 radical (unpaired) electrons. The highest BCUT2D eigenvalue weighted by atomic mass is 32.2. The molecule has 3 aromatic rings. The predicted molar refractivity (Wildman–Crippen MR) is 103 cm³/mol. The molecule has 1 aromatic heterocycles. The van der Waals surface area contributed by atoms with Gasteiger partial charge in [0.1, 0.15) is 5.38 Å². The van der Waals surface area contributed by atoms with Crippen molar-refractivity contribution in [3.05, 3.63) is 77.7 Å². The summed E-state index contributed by atoms with van der Waals surface area (Å²) >= 11 is 0. The second kappa shape index (κ2) is 6.23. The fourth-order valence-corrected chi connectivity index (χ4v) is 4.96. The summed E-state index contributed by atoms with van der Waals surface area (Å²) in [6.07, 6.45) is 10.7. The van der Waals surface area contributed by atoms with Gasteiger partial charge in [-0.15, -0.1) is 6.42 Å². The van der Waals surface area contributed by atoms with E-state index < -0.39 is 5.60 Å². The third-order valence-electron chi connectivity index (χ3n) is 4.50. The van der Waals surface area contributed by atoms with E-state index in [1.165, 1.54) is 15.0 Å². The van der Waals surface area contributed by atoms with Gasteiger partial charge in [-0.1, -0.05) is 30.2 Å². The largest absolute Gasteiger partial charge is 0.442 e. The van der Waals surface area contributed by atoms with Crippen LogP contribution in [0.1, 0.15) is 23.2 Å². The Kier molecular flexibility index (Phi) is 3.91. The number of thiophene rings is 1. The molecule has 1 aliphatic carbocycles. The van der Waals surface area contributed by atoms with E-state index in [4.69, 9.17) is 11.2 Å².